The highest BCUT2D eigenvalue weighted by atomic mass is 79.9. The summed E-state index contributed by atoms with van der Waals surface area (Å²) in [4.78, 5) is 0. The summed E-state index contributed by atoms with van der Waals surface area (Å²) in [6.07, 6.45) is 0.796. The fourth-order valence-corrected chi connectivity index (χ4v) is 2.50. The van der Waals surface area contributed by atoms with Crippen molar-refractivity contribution in [2.24, 2.45) is 11.3 Å². The van der Waals surface area contributed by atoms with Gasteiger partial charge >= 0.3 is 0 Å². The molecule has 0 aliphatic heterocycles. The van der Waals surface area contributed by atoms with Crippen LogP contribution in [0.2, 0.25) is 0 Å². The Hall–Kier alpha value is -0.0800. The molecule has 0 saturated heterocycles. The van der Waals surface area contributed by atoms with Crippen LogP contribution < -0.4 is 0 Å². The van der Waals surface area contributed by atoms with Crippen LogP contribution >= 0.6 is 27.5 Å². The molecule has 0 aliphatic rings. The molecule has 0 aromatic heterocycles. The van der Waals surface area contributed by atoms with Crippen LogP contribution in [0.25, 0.3) is 0 Å². The molecule has 0 heterocycles. The van der Waals surface area contributed by atoms with Crippen LogP contribution in [0.5, 0.6) is 0 Å². The van der Waals surface area contributed by atoms with E-state index in [9.17, 15) is 4.39 Å². The van der Waals surface area contributed by atoms with Crippen LogP contribution in [-0.4, -0.2) is 5.88 Å². The van der Waals surface area contributed by atoms with E-state index in [0.717, 1.165) is 16.5 Å². The fraction of sp³-hybridized carbons (Fsp3) is 0.538. The van der Waals surface area contributed by atoms with Gasteiger partial charge in [-0.25, -0.2) is 4.39 Å². The summed E-state index contributed by atoms with van der Waals surface area (Å²) in [6, 6.07) is 5.01. The fourth-order valence-electron chi connectivity index (χ4n) is 1.58. The lowest BCUT2D eigenvalue weighted by Gasteiger charge is -2.31. The third kappa shape index (κ3) is 3.46. The maximum atomic E-state index is 13.2. The molecule has 0 radical (unpaired) electrons. The van der Waals surface area contributed by atoms with Crippen molar-refractivity contribution in [3.63, 3.8) is 0 Å². The van der Waals surface area contributed by atoms with E-state index < -0.39 is 0 Å². The van der Waals surface area contributed by atoms with Gasteiger partial charge in [-0.2, -0.15) is 0 Å². The maximum absolute atomic E-state index is 13.2. The van der Waals surface area contributed by atoms with Crippen LogP contribution in [-0.2, 0) is 6.42 Å². The van der Waals surface area contributed by atoms with E-state index >= 15 is 0 Å². The van der Waals surface area contributed by atoms with Crippen molar-refractivity contribution in [1.82, 2.24) is 0 Å². The van der Waals surface area contributed by atoms with Gasteiger partial charge in [0, 0.05) is 10.4 Å². The average Bonchev–Trinajstić information content (AvgIpc) is 2.15. The third-order valence-corrected chi connectivity index (χ3v) is 4.30. The molecular formula is C13H17BrClF. The monoisotopic (exact) mass is 306 g/mol. The van der Waals surface area contributed by atoms with Crippen LogP contribution in [0.4, 0.5) is 4.39 Å². The number of halogens is 3. The van der Waals surface area contributed by atoms with E-state index in [2.05, 4.69) is 36.7 Å². The lowest BCUT2D eigenvalue weighted by atomic mass is 9.76. The maximum Gasteiger partial charge on any atom is 0.124 e. The van der Waals surface area contributed by atoms with Gasteiger partial charge in [-0.15, -0.1) is 11.6 Å². The topological polar surface area (TPSA) is 0 Å². The molecule has 90 valence electrons. The summed E-state index contributed by atoms with van der Waals surface area (Å²) < 4.78 is 14.0. The average molecular weight is 308 g/mol. The standard InChI is InChI=1S/C13H17BrClF/c1-9(2)13(3,8-15)7-10-4-11(14)6-12(16)5-10/h4-6,9H,7-8H2,1-3H3. The zero-order chi connectivity index (χ0) is 12.3. The van der Waals surface area contributed by atoms with Crippen LogP contribution in [0.15, 0.2) is 22.7 Å². The van der Waals surface area contributed by atoms with Crippen molar-refractivity contribution < 1.29 is 4.39 Å². The highest BCUT2D eigenvalue weighted by molar-refractivity contribution is 9.10. The van der Waals surface area contributed by atoms with Crippen molar-refractivity contribution in [2.45, 2.75) is 27.2 Å². The van der Waals surface area contributed by atoms with Gasteiger partial charge in [-0.3, -0.25) is 0 Å². The van der Waals surface area contributed by atoms with Crippen molar-refractivity contribution in [3.8, 4) is 0 Å². The Balaban J connectivity index is 2.94. The lowest BCUT2D eigenvalue weighted by molar-refractivity contribution is 0.253. The molecule has 0 aliphatic carbocycles. The summed E-state index contributed by atoms with van der Waals surface area (Å²) >= 11 is 9.33. The van der Waals surface area contributed by atoms with E-state index in [1.54, 1.807) is 6.07 Å². The van der Waals surface area contributed by atoms with Gasteiger partial charge in [0.15, 0.2) is 0 Å². The molecule has 0 fully saturated rings. The Morgan fingerprint density at radius 1 is 1.38 bits per heavy atom. The normalized spacial score (nSPS) is 15.2. The van der Waals surface area contributed by atoms with Crippen LogP contribution in [0.1, 0.15) is 26.3 Å². The summed E-state index contributed by atoms with van der Waals surface area (Å²) in [5, 5.41) is 0. The smallest absolute Gasteiger partial charge is 0.124 e. The second kappa shape index (κ2) is 5.50. The molecule has 0 N–H and O–H groups in total. The quantitative estimate of drug-likeness (QED) is 0.684. The number of alkyl halides is 1. The highest BCUT2D eigenvalue weighted by Crippen LogP contribution is 2.33. The van der Waals surface area contributed by atoms with E-state index in [-0.39, 0.29) is 11.2 Å². The molecule has 0 spiro atoms. The van der Waals surface area contributed by atoms with Gasteiger partial charge in [0.1, 0.15) is 5.82 Å². The number of rotatable bonds is 4. The summed E-state index contributed by atoms with van der Waals surface area (Å²) in [5.74, 6) is 0.843. The second-order valence-electron chi connectivity index (χ2n) is 4.90. The zero-order valence-electron chi connectivity index (χ0n) is 9.86. The van der Waals surface area contributed by atoms with E-state index in [1.165, 1.54) is 6.07 Å². The number of hydrogen-bond acceptors (Lipinski definition) is 0. The molecular weight excluding hydrogens is 290 g/mol. The Labute approximate surface area is 110 Å². The Morgan fingerprint density at radius 3 is 2.44 bits per heavy atom. The predicted molar refractivity (Wildman–Crippen MR) is 71.5 cm³/mol. The molecule has 0 nitrogen and oxygen atoms in total. The van der Waals surface area contributed by atoms with Crippen LogP contribution in [0.3, 0.4) is 0 Å². The van der Waals surface area contributed by atoms with Crippen molar-refractivity contribution in [1.29, 1.82) is 0 Å². The third-order valence-electron chi connectivity index (χ3n) is 3.23. The van der Waals surface area contributed by atoms with E-state index in [4.69, 9.17) is 11.6 Å². The molecule has 1 unspecified atom stereocenters. The summed E-state index contributed by atoms with van der Waals surface area (Å²) in [7, 11) is 0. The van der Waals surface area contributed by atoms with Crippen molar-refractivity contribution >= 4 is 27.5 Å². The minimum Gasteiger partial charge on any atom is -0.207 e. The van der Waals surface area contributed by atoms with Crippen LogP contribution in [0, 0.1) is 17.2 Å². The minimum absolute atomic E-state index is 0.00872. The number of benzene rings is 1. The molecule has 0 bridgehead atoms. The largest absolute Gasteiger partial charge is 0.207 e. The summed E-state index contributed by atoms with van der Waals surface area (Å²) in [5.41, 5.74) is 0.998. The SMILES string of the molecule is CC(C)C(C)(CCl)Cc1cc(F)cc(Br)c1. The van der Waals surface area contributed by atoms with E-state index in [1.807, 2.05) is 6.07 Å². The van der Waals surface area contributed by atoms with Crippen molar-refractivity contribution in [3.05, 3.63) is 34.1 Å². The molecule has 3 heteroatoms. The molecule has 1 rings (SSSR count). The highest BCUT2D eigenvalue weighted by Gasteiger charge is 2.27. The van der Waals surface area contributed by atoms with Gasteiger partial charge in [0.25, 0.3) is 0 Å². The first-order valence-corrected chi connectivity index (χ1v) is 6.71. The number of hydrogen-bond donors (Lipinski definition) is 0. The first-order valence-electron chi connectivity index (χ1n) is 5.38. The van der Waals surface area contributed by atoms with Gasteiger partial charge in [-0.1, -0.05) is 36.7 Å². The molecule has 1 atom stereocenters. The Bertz CT molecular complexity index is 345. The zero-order valence-corrected chi connectivity index (χ0v) is 12.2. The predicted octanol–water partition coefficient (Wildman–Crippen LogP) is 5.03. The van der Waals surface area contributed by atoms with Gasteiger partial charge in [-0.05, 0) is 41.5 Å². The summed E-state index contributed by atoms with van der Waals surface area (Å²) in [6.45, 7) is 6.44. The second-order valence-corrected chi connectivity index (χ2v) is 6.08. The first-order chi connectivity index (χ1) is 7.37. The Morgan fingerprint density at radius 2 is 2.00 bits per heavy atom. The Kier molecular flexibility index (Phi) is 4.81. The molecule has 0 saturated carbocycles. The molecule has 16 heavy (non-hydrogen) atoms. The van der Waals surface area contributed by atoms with Gasteiger partial charge in [0.2, 0.25) is 0 Å². The van der Waals surface area contributed by atoms with Gasteiger partial charge in [0.05, 0.1) is 0 Å². The molecule has 1 aromatic rings. The van der Waals surface area contributed by atoms with E-state index in [0.29, 0.717) is 11.8 Å². The first kappa shape index (κ1) is 14.0. The molecule has 1 aromatic carbocycles. The van der Waals surface area contributed by atoms with Crippen molar-refractivity contribution in [2.75, 3.05) is 5.88 Å². The minimum atomic E-state index is -0.204. The lowest BCUT2D eigenvalue weighted by Crippen LogP contribution is -2.28. The van der Waals surface area contributed by atoms with Gasteiger partial charge < -0.3 is 0 Å². The molecule has 0 amide bonds.